The second-order valence-corrected chi connectivity index (χ2v) is 7.88. The second-order valence-electron chi connectivity index (χ2n) is 6.78. The van der Waals surface area contributed by atoms with Gasteiger partial charge < -0.3 is 5.73 Å². The lowest BCUT2D eigenvalue weighted by atomic mass is 9.67. The Morgan fingerprint density at radius 2 is 1.67 bits per heavy atom. The number of rotatable bonds is 2. The van der Waals surface area contributed by atoms with E-state index in [4.69, 9.17) is 5.73 Å². The van der Waals surface area contributed by atoms with Gasteiger partial charge in [0, 0.05) is 17.8 Å². The molecule has 1 unspecified atom stereocenters. The normalized spacial score (nSPS) is 37.2. The summed E-state index contributed by atoms with van der Waals surface area (Å²) >= 11 is 2.10. The zero-order valence-corrected chi connectivity index (χ0v) is 12.4. The Balaban J connectivity index is 1.62. The van der Waals surface area contributed by atoms with Crippen LogP contribution < -0.4 is 5.73 Å². The molecule has 2 heterocycles. The summed E-state index contributed by atoms with van der Waals surface area (Å²) in [6.45, 7) is 3.50. The van der Waals surface area contributed by atoms with Gasteiger partial charge in [-0.1, -0.05) is 19.3 Å². The molecule has 1 aliphatic carbocycles. The number of thioether (sulfide) groups is 1. The van der Waals surface area contributed by atoms with Gasteiger partial charge in [0.05, 0.1) is 0 Å². The van der Waals surface area contributed by atoms with E-state index in [9.17, 15) is 0 Å². The van der Waals surface area contributed by atoms with Crippen LogP contribution in [0, 0.1) is 5.41 Å². The maximum absolute atomic E-state index is 6.11. The fourth-order valence-electron chi connectivity index (χ4n) is 4.39. The number of nitrogens with two attached hydrogens (primary N) is 1. The highest BCUT2D eigenvalue weighted by atomic mass is 32.2. The van der Waals surface area contributed by atoms with E-state index in [1.165, 1.54) is 76.0 Å². The molecule has 3 fully saturated rings. The number of nitrogens with zero attached hydrogens (tertiary/aromatic N) is 1. The van der Waals surface area contributed by atoms with E-state index in [1.54, 1.807) is 0 Å². The molecular weight excluding hydrogens is 240 g/mol. The number of hydrogen-bond donors (Lipinski definition) is 1. The van der Waals surface area contributed by atoms with Crippen LogP contribution in [0.4, 0.5) is 0 Å². The highest BCUT2D eigenvalue weighted by Crippen LogP contribution is 2.46. The lowest BCUT2D eigenvalue weighted by Gasteiger charge is -2.50. The van der Waals surface area contributed by atoms with Gasteiger partial charge in [-0.3, -0.25) is 4.90 Å². The largest absolute Gasteiger partial charge is 0.329 e. The van der Waals surface area contributed by atoms with Crippen molar-refractivity contribution in [1.29, 1.82) is 0 Å². The van der Waals surface area contributed by atoms with Crippen LogP contribution in [0.1, 0.15) is 51.4 Å². The second kappa shape index (κ2) is 5.34. The van der Waals surface area contributed by atoms with Gasteiger partial charge >= 0.3 is 0 Å². The van der Waals surface area contributed by atoms with Crippen molar-refractivity contribution in [3.05, 3.63) is 0 Å². The highest BCUT2D eigenvalue weighted by Gasteiger charge is 2.43. The summed E-state index contributed by atoms with van der Waals surface area (Å²) in [6.07, 6.45) is 11.7. The van der Waals surface area contributed by atoms with E-state index < -0.39 is 0 Å². The minimum atomic E-state index is 0.362. The first-order valence-corrected chi connectivity index (χ1v) is 8.97. The van der Waals surface area contributed by atoms with Gasteiger partial charge in [0.2, 0.25) is 0 Å². The van der Waals surface area contributed by atoms with Gasteiger partial charge in [-0.2, -0.15) is 11.8 Å². The van der Waals surface area contributed by atoms with Crippen molar-refractivity contribution in [3.63, 3.8) is 0 Å². The van der Waals surface area contributed by atoms with Crippen LogP contribution in [0.3, 0.4) is 0 Å². The third-order valence-electron chi connectivity index (χ3n) is 5.87. The molecule has 0 aromatic rings. The summed E-state index contributed by atoms with van der Waals surface area (Å²) in [5.74, 6) is 2.59. The lowest BCUT2D eigenvalue weighted by Crippen LogP contribution is -2.58. The summed E-state index contributed by atoms with van der Waals surface area (Å²) in [6, 6.07) is 0. The van der Waals surface area contributed by atoms with Crippen molar-refractivity contribution >= 4 is 11.8 Å². The van der Waals surface area contributed by atoms with Crippen molar-refractivity contribution in [1.82, 2.24) is 4.90 Å². The quantitative estimate of drug-likeness (QED) is 0.835. The van der Waals surface area contributed by atoms with Crippen molar-refractivity contribution in [3.8, 4) is 0 Å². The maximum Gasteiger partial charge on any atom is 0.0429 e. The molecule has 3 rings (SSSR count). The summed E-state index contributed by atoms with van der Waals surface area (Å²) in [4.78, 5) is 2.76. The Kier molecular flexibility index (Phi) is 3.93. The van der Waals surface area contributed by atoms with Crippen LogP contribution >= 0.6 is 11.8 Å². The lowest BCUT2D eigenvalue weighted by molar-refractivity contribution is 0.0143. The molecule has 2 nitrogen and oxygen atoms in total. The van der Waals surface area contributed by atoms with E-state index in [0.29, 0.717) is 5.54 Å². The summed E-state index contributed by atoms with van der Waals surface area (Å²) in [7, 11) is 0. The van der Waals surface area contributed by atoms with Crippen molar-refractivity contribution in [2.45, 2.75) is 56.9 Å². The van der Waals surface area contributed by atoms with Crippen LogP contribution in [0.5, 0.6) is 0 Å². The molecule has 0 amide bonds. The summed E-state index contributed by atoms with van der Waals surface area (Å²) in [5, 5.41) is 0. The van der Waals surface area contributed by atoms with E-state index in [-0.39, 0.29) is 0 Å². The number of piperidine rings is 1. The topological polar surface area (TPSA) is 29.3 Å². The molecule has 2 saturated heterocycles. The molecule has 3 heteroatoms. The molecule has 1 spiro atoms. The molecule has 2 aliphatic heterocycles. The van der Waals surface area contributed by atoms with Gasteiger partial charge in [-0.15, -0.1) is 0 Å². The summed E-state index contributed by atoms with van der Waals surface area (Å²) < 4.78 is 0. The minimum Gasteiger partial charge on any atom is -0.329 e. The van der Waals surface area contributed by atoms with Gasteiger partial charge in [0.25, 0.3) is 0 Å². The molecule has 2 N–H and O–H groups in total. The first-order valence-electron chi connectivity index (χ1n) is 7.82. The van der Waals surface area contributed by atoms with Crippen LogP contribution in [-0.4, -0.2) is 41.6 Å². The van der Waals surface area contributed by atoms with Crippen LogP contribution in [0.2, 0.25) is 0 Å². The van der Waals surface area contributed by atoms with E-state index in [2.05, 4.69) is 16.7 Å². The molecule has 3 aliphatic rings. The average molecular weight is 268 g/mol. The Morgan fingerprint density at radius 3 is 2.22 bits per heavy atom. The zero-order chi connectivity index (χ0) is 12.5. The standard InChI is InChI=1S/C15H28N2S/c16-12-15(8-11-18-13-15)17-9-6-14(7-10-17)4-2-1-3-5-14/h1-13,16H2. The van der Waals surface area contributed by atoms with Gasteiger partial charge in [-0.05, 0) is 56.4 Å². The predicted octanol–water partition coefficient (Wildman–Crippen LogP) is 2.87. The van der Waals surface area contributed by atoms with E-state index >= 15 is 0 Å². The predicted molar refractivity (Wildman–Crippen MR) is 80.1 cm³/mol. The van der Waals surface area contributed by atoms with Gasteiger partial charge in [0.15, 0.2) is 0 Å². The molecule has 0 radical (unpaired) electrons. The van der Waals surface area contributed by atoms with E-state index in [1.807, 2.05) is 0 Å². The minimum absolute atomic E-state index is 0.362. The Labute approximate surface area is 116 Å². The Morgan fingerprint density at radius 1 is 0.944 bits per heavy atom. The third kappa shape index (κ3) is 2.34. The summed E-state index contributed by atoms with van der Waals surface area (Å²) in [5.41, 5.74) is 7.21. The number of likely N-dealkylation sites (tertiary alicyclic amines) is 1. The molecular formula is C15H28N2S. The molecule has 104 valence electrons. The average Bonchev–Trinajstić information content (AvgIpc) is 2.90. The van der Waals surface area contributed by atoms with E-state index in [0.717, 1.165) is 12.0 Å². The maximum atomic E-state index is 6.11. The van der Waals surface area contributed by atoms with Crippen LogP contribution in [0.25, 0.3) is 0 Å². The van der Waals surface area contributed by atoms with Crippen molar-refractivity contribution in [2.24, 2.45) is 11.1 Å². The van der Waals surface area contributed by atoms with Crippen molar-refractivity contribution in [2.75, 3.05) is 31.1 Å². The van der Waals surface area contributed by atoms with Gasteiger partial charge in [0.1, 0.15) is 0 Å². The Hall–Kier alpha value is 0.270. The molecule has 18 heavy (non-hydrogen) atoms. The Bertz CT molecular complexity index is 270. The molecule has 0 bridgehead atoms. The number of hydrogen-bond acceptors (Lipinski definition) is 3. The SMILES string of the molecule is NCC1(N2CCC3(CCCCC3)CC2)CCSC1. The van der Waals surface area contributed by atoms with Crippen LogP contribution in [0.15, 0.2) is 0 Å². The first-order chi connectivity index (χ1) is 8.79. The van der Waals surface area contributed by atoms with Crippen molar-refractivity contribution < 1.29 is 0 Å². The molecule has 1 atom stereocenters. The van der Waals surface area contributed by atoms with Crippen LogP contribution in [-0.2, 0) is 0 Å². The van der Waals surface area contributed by atoms with Gasteiger partial charge in [-0.25, -0.2) is 0 Å². The third-order valence-corrected chi connectivity index (χ3v) is 7.11. The fourth-order valence-corrected chi connectivity index (χ4v) is 5.89. The fraction of sp³-hybridized carbons (Fsp3) is 1.00. The molecule has 1 saturated carbocycles. The molecule has 0 aromatic heterocycles. The highest BCUT2D eigenvalue weighted by molar-refractivity contribution is 7.99. The zero-order valence-electron chi connectivity index (χ0n) is 11.6. The smallest absolute Gasteiger partial charge is 0.0429 e. The molecule has 0 aromatic carbocycles. The first kappa shape index (κ1) is 13.3. The monoisotopic (exact) mass is 268 g/mol.